The van der Waals surface area contributed by atoms with Crippen LogP contribution in [0.4, 0.5) is 5.69 Å². The lowest BCUT2D eigenvalue weighted by atomic mass is 10.1. The Morgan fingerprint density at radius 3 is 2.59 bits per heavy atom. The van der Waals surface area contributed by atoms with Crippen LogP contribution in [0.25, 0.3) is 0 Å². The summed E-state index contributed by atoms with van der Waals surface area (Å²) < 4.78 is 4.63. The van der Waals surface area contributed by atoms with E-state index in [1.807, 2.05) is 0 Å². The number of anilines is 1. The van der Waals surface area contributed by atoms with Gasteiger partial charge in [0.2, 0.25) is 0 Å². The van der Waals surface area contributed by atoms with Gasteiger partial charge in [-0.15, -0.1) is 0 Å². The van der Waals surface area contributed by atoms with Crippen LogP contribution in [0.3, 0.4) is 0 Å². The molecule has 0 heterocycles. The van der Waals surface area contributed by atoms with Gasteiger partial charge in [-0.25, -0.2) is 9.59 Å². The first-order valence-corrected chi connectivity index (χ1v) is 5.26. The number of carbonyl (C=O) groups is 2. The van der Waals surface area contributed by atoms with Crippen molar-refractivity contribution in [1.82, 2.24) is 0 Å². The standard InChI is InChI=1S/C12H15NO4/c1-3-9(11(14)15)13-10-7-5-4-6-8(10)12(16)17-2/h4-7,9,13H,3H2,1-2H3,(H,14,15). The molecule has 0 aromatic heterocycles. The lowest BCUT2D eigenvalue weighted by molar-refractivity contribution is -0.137. The van der Waals surface area contributed by atoms with Crippen molar-refractivity contribution in [1.29, 1.82) is 0 Å². The van der Waals surface area contributed by atoms with Gasteiger partial charge < -0.3 is 15.2 Å². The Kier molecular flexibility index (Phi) is 4.51. The van der Waals surface area contributed by atoms with Crippen molar-refractivity contribution in [2.45, 2.75) is 19.4 Å². The summed E-state index contributed by atoms with van der Waals surface area (Å²) >= 11 is 0. The number of benzene rings is 1. The van der Waals surface area contributed by atoms with Gasteiger partial charge in [0, 0.05) is 5.69 Å². The zero-order valence-electron chi connectivity index (χ0n) is 9.77. The second-order valence-corrected chi connectivity index (χ2v) is 3.48. The van der Waals surface area contributed by atoms with E-state index < -0.39 is 18.0 Å². The van der Waals surface area contributed by atoms with Crippen LogP contribution < -0.4 is 5.32 Å². The Morgan fingerprint density at radius 1 is 1.41 bits per heavy atom. The number of ether oxygens (including phenoxy) is 1. The smallest absolute Gasteiger partial charge is 0.339 e. The van der Waals surface area contributed by atoms with Crippen molar-refractivity contribution in [3.05, 3.63) is 29.8 Å². The molecule has 1 rings (SSSR count). The van der Waals surface area contributed by atoms with Gasteiger partial charge in [-0.2, -0.15) is 0 Å². The van der Waals surface area contributed by atoms with E-state index in [4.69, 9.17) is 5.11 Å². The van der Waals surface area contributed by atoms with Crippen LogP contribution in [-0.4, -0.2) is 30.2 Å². The molecule has 5 heteroatoms. The number of aliphatic carboxylic acids is 1. The van der Waals surface area contributed by atoms with E-state index in [9.17, 15) is 9.59 Å². The van der Waals surface area contributed by atoms with Crippen molar-refractivity contribution in [2.75, 3.05) is 12.4 Å². The summed E-state index contributed by atoms with van der Waals surface area (Å²) in [5.74, 6) is -1.44. The van der Waals surface area contributed by atoms with Crippen LogP contribution in [0.2, 0.25) is 0 Å². The van der Waals surface area contributed by atoms with Gasteiger partial charge in [0.05, 0.1) is 12.7 Å². The molecule has 1 atom stereocenters. The predicted molar refractivity (Wildman–Crippen MR) is 63.1 cm³/mol. The second kappa shape index (κ2) is 5.89. The molecule has 0 radical (unpaired) electrons. The Hall–Kier alpha value is -2.04. The Labute approximate surface area is 99.4 Å². The molecule has 1 unspecified atom stereocenters. The molecule has 0 fully saturated rings. The van der Waals surface area contributed by atoms with Gasteiger partial charge in [0.15, 0.2) is 0 Å². The molecule has 17 heavy (non-hydrogen) atoms. The zero-order chi connectivity index (χ0) is 12.8. The molecule has 5 nitrogen and oxygen atoms in total. The highest BCUT2D eigenvalue weighted by atomic mass is 16.5. The van der Waals surface area contributed by atoms with Crippen LogP contribution >= 0.6 is 0 Å². The molecule has 92 valence electrons. The van der Waals surface area contributed by atoms with Crippen LogP contribution in [0.1, 0.15) is 23.7 Å². The van der Waals surface area contributed by atoms with E-state index in [2.05, 4.69) is 10.1 Å². The largest absolute Gasteiger partial charge is 0.480 e. The van der Waals surface area contributed by atoms with Crippen LogP contribution in [0, 0.1) is 0 Å². The number of carboxylic acid groups (broad SMARTS) is 1. The summed E-state index contributed by atoms with van der Waals surface area (Å²) in [6, 6.07) is 5.93. The average Bonchev–Trinajstić information content (AvgIpc) is 2.35. The quantitative estimate of drug-likeness (QED) is 0.763. The minimum Gasteiger partial charge on any atom is -0.480 e. The number of rotatable bonds is 5. The van der Waals surface area contributed by atoms with Gasteiger partial charge in [-0.05, 0) is 18.6 Å². The summed E-state index contributed by atoms with van der Waals surface area (Å²) in [5.41, 5.74) is 0.795. The Balaban J connectivity index is 2.97. The number of methoxy groups -OCH3 is 1. The van der Waals surface area contributed by atoms with Crippen molar-refractivity contribution in [3.63, 3.8) is 0 Å². The van der Waals surface area contributed by atoms with Crippen LogP contribution in [0.5, 0.6) is 0 Å². The normalized spacial score (nSPS) is 11.6. The predicted octanol–water partition coefficient (Wildman–Crippen LogP) is 1.75. The number of carboxylic acids is 1. The maximum atomic E-state index is 11.5. The molecule has 0 saturated carbocycles. The average molecular weight is 237 g/mol. The maximum Gasteiger partial charge on any atom is 0.339 e. The lowest BCUT2D eigenvalue weighted by Gasteiger charge is -2.15. The van der Waals surface area contributed by atoms with E-state index in [1.165, 1.54) is 7.11 Å². The van der Waals surface area contributed by atoms with Gasteiger partial charge in [0.25, 0.3) is 0 Å². The number of para-hydroxylation sites is 1. The van der Waals surface area contributed by atoms with Crippen molar-refractivity contribution in [3.8, 4) is 0 Å². The molecular weight excluding hydrogens is 222 g/mol. The third-order valence-electron chi connectivity index (χ3n) is 2.37. The van der Waals surface area contributed by atoms with Gasteiger partial charge in [-0.1, -0.05) is 19.1 Å². The summed E-state index contributed by atoms with van der Waals surface area (Å²) in [7, 11) is 1.29. The first-order valence-electron chi connectivity index (χ1n) is 5.26. The maximum absolute atomic E-state index is 11.5. The van der Waals surface area contributed by atoms with E-state index in [1.54, 1.807) is 31.2 Å². The summed E-state index contributed by atoms with van der Waals surface area (Å²) in [5, 5.41) is 11.8. The number of nitrogens with one attached hydrogen (secondary N) is 1. The lowest BCUT2D eigenvalue weighted by Crippen LogP contribution is -2.29. The Bertz CT molecular complexity index is 417. The highest BCUT2D eigenvalue weighted by molar-refractivity contribution is 5.96. The van der Waals surface area contributed by atoms with Crippen molar-refractivity contribution in [2.24, 2.45) is 0 Å². The third kappa shape index (κ3) is 3.21. The fourth-order valence-electron chi connectivity index (χ4n) is 1.42. The van der Waals surface area contributed by atoms with E-state index >= 15 is 0 Å². The van der Waals surface area contributed by atoms with E-state index in [0.29, 0.717) is 17.7 Å². The number of carbonyl (C=O) groups excluding carboxylic acids is 1. The molecule has 1 aromatic carbocycles. The minimum absolute atomic E-state index is 0.328. The second-order valence-electron chi connectivity index (χ2n) is 3.48. The SMILES string of the molecule is CCC(Nc1ccccc1C(=O)OC)C(=O)O. The molecule has 0 saturated heterocycles. The summed E-state index contributed by atoms with van der Waals surface area (Å²) in [6.45, 7) is 1.76. The highest BCUT2D eigenvalue weighted by Crippen LogP contribution is 2.17. The molecule has 2 N–H and O–H groups in total. The number of hydrogen-bond donors (Lipinski definition) is 2. The summed E-state index contributed by atoms with van der Waals surface area (Å²) in [6.07, 6.45) is 0.421. The first kappa shape index (κ1) is 13.0. The van der Waals surface area contributed by atoms with E-state index in [0.717, 1.165) is 0 Å². The zero-order valence-corrected chi connectivity index (χ0v) is 9.77. The van der Waals surface area contributed by atoms with E-state index in [-0.39, 0.29) is 0 Å². The van der Waals surface area contributed by atoms with Gasteiger partial charge in [-0.3, -0.25) is 0 Å². The molecule has 0 aliphatic heterocycles. The van der Waals surface area contributed by atoms with Gasteiger partial charge in [0.1, 0.15) is 6.04 Å². The number of esters is 1. The van der Waals surface area contributed by atoms with Crippen molar-refractivity contribution < 1.29 is 19.4 Å². The third-order valence-corrected chi connectivity index (χ3v) is 2.37. The fraction of sp³-hybridized carbons (Fsp3) is 0.333. The molecule has 0 spiro atoms. The first-order chi connectivity index (χ1) is 8.10. The molecule has 0 aliphatic rings. The van der Waals surface area contributed by atoms with Crippen molar-refractivity contribution >= 4 is 17.6 Å². The molecule has 0 bridgehead atoms. The van der Waals surface area contributed by atoms with Crippen LogP contribution in [-0.2, 0) is 9.53 Å². The van der Waals surface area contributed by atoms with Crippen LogP contribution in [0.15, 0.2) is 24.3 Å². The highest BCUT2D eigenvalue weighted by Gasteiger charge is 2.18. The topological polar surface area (TPSA) is 75.6 Å². The fourth-order valence-corrected chi connectivity index (χ4v) is 1.42. The molecule has 0 amide bonds. The minimum atomic E-state index is -0.952. The Morgan fingerprint density at radius 2 is 2.06 bits per heavy atom. The number of hydrogen-bond acceptors (Lipinski definition) is 4. The molecule has 0 aliphatic carbocycles. The monoisotopic (exact) mass is 237 g/mol. The molecule has 1 aromatic rings. The molecular formula is C12H15NO4. The summed E-state index contributed by atoms with van der Waals surface area (Å²) in [4.78, 5) is 22.4. The van der Waals surface area contributed by atoms with Gasteiger partial charge >= 0.3 is 11.9 Å².